The molecule has 0 saturated carbocycles. The van der Waals surface area contributed by atoms with Gasteiger partial charge in [0.1, 0.15) is 5.76 Å². The van der Waals surface area contributed by atoms with Gasteiger partial charge in [0.05, 0.1) is 11.7 Å². The Morgan fingerprint density at radius 1 is 1.40 bits per heavy atom. The lowest BCUT2D eigenvalue weighted by Gasteiger charge is -2.14. The number of nitrogens with zero attached hydrogens (tertiary/aromatic N) is 1. The molecule has 106 valence electrons. The zero-order valence-electron chi connectivity index (χ0n) is 11.7. The lowest BCUT2D eigenvalue weighted by molar-refractivity contribution is 0.249. The molecule has 1 atom stereocenters. The van der Waals surface area contributed by atoms with E-state index in [4.69, 9.17) is 10.3 Å². The van der Waals surface area contributed by atoms with Gasteiger partial charge in [-0.2, -0.15) is 0 Å². The standard InChI is InChI=1S/C14H18N4O2/c1-8(13-9(2)18-20-10(13)3)16-14(19)17-12-6-4-5-11(15)7-12/h4-8H,15H2,1-3H3,(H2,16,17,19). The highest BCUT2D eigenvalue weighted by Gasteiger charge is 2.18. The van der Waals surface area contributed by atoms with Crippen LogP contribution in [0.2, 0.25) is 0 Å². The average Bonchev–Trinajstić information content (AvgIpc) is 2.68. The third-order valence-electron chi connectivity index (χ3n) is 3.01. The van der Waals surface area contributed by atoms with Gasteiger partial charge in [-0.3, -0.25) is 0 Å². The molecule has 4 N–H and O–H groups in total. The zero-order valence-corrected chi connectivity index (χ0v) is 11.7. The first-order valence-electron chi connectivity index (χ1n) is 6.33. The minimum atomic E-state index is -0.303. The van der Waals surface area contributed by atoms with Crippen LogP contribution in [-0.4, -0.2) is 11.2 Å². The van der Waals surface area contributed by atoms with Crippen molar-refractivity contribution in [1.82, 2.24) is 10.5 Å². The van der Waals surface area contributed by atoms with E-state index in [9.17, 15) is 4.79 Å². The van der Waals surface area contributed by atoms with Crippen LogP contribution in [0.4, 0.5) is 16.2 Å². The molecule has 1 heterocycles. The summed E-state index contributed by atoms with van der Waals surface area (Å²) in [7, 11) is 0. The predicted molar refractivity (Wildman–Crippen MR) is 77.4 cm³/mol. The first-order chi connectivity index (χ1) is 9.47. The summed E-state index contributed by atoms with van der Waals surface area (Å²) in [5.74, 6) is 0.708. The summed E-state index contributed by atoms with van der Waals surface area (Å²) >= 11 is 0. The van der Waals surface area contributed by atoms with Crippen molar-refractivity contribution in [2.24, 2.45) is 0 Å². The Balaban J connectivity index is 2.01. The number of carbonyl (C=O) groups is 1. The number of urea groups is 1. The second-order valence-corrected chi connectivity index (χ2v) is 4.68. The van der Waals surface area contributed by atoms with Crippen LogP contribution in [0, 0.1) is 13.8 Å². The quantitative estimate of drug-likeness (QED) is 0.750. The van der Waals surface area contributed by atoms with E-state index in [-0.39, 0.29) is 12.1 Å². The van der Waals surface area contributed by atoms with Crippen molar-refractivity contribution in [2.75, 3.05) is 11.1 Å². The van der Waals surface area contributed by atoms with Gasteiger partial charge in [0.15, 0.2) is 0 Å². The number of aryl methyl sites for hydroxylation is 2. The number of nitrogens with one attached hydrogen (secondary N) is 2. The van der Waals surface area contributed by atoms with E-state index < -0.39 is 0 Å². The smallest absolute Gasteiger partial charge is 0.319 e. The number of carbonyl (C=O) groups excluding carboxylic acids is 1. The molecule has 0 bridgehead atoms. The Hall–Kier alpha value is -2.50. The molecule has 0 spiro atoms. The van der Waals surface area contributed by atoms with Crippen molar-refractivity contribution < 1.29 is 9.32 Å². The van der Waals surface area contributed by atoms with Crippen molar-refractivity contribution in [3.05, 3.63) is 41.3 Å². The first kappa shape index (κ1) is 13.9. The second kappa shape index (κ2) is 5.64. The maximum absolute atomic E-state index is 11.9. The van der Waals surface area contributed by atoms with E-state index in [2.05, 4.69) is 15.8 Å². The van der Waals surface area contributed by atoms with Gasteiger partial charge in [-0.1, -0.05) is 11.2 Å². The second-order valence-electron chi connectivity index (χ2n) is 4.68. The van der Waals surface area contributed by atoms with Gasteiger partial charge in [0, 0.05) is 16.9 Å². The van der Waals surface area contributed by atoms with Gasteiger partial charge in [-0.15, -0.1) is 0 Å². The van der Waals surface area contributed by atoms with Crippen molar-refractivity contribution >= 4 is 17.4 Å². The Labute approximate surface area is 117 Å². The molecule has 1 aromatic heterocycles. The summed E-state index contributed by atoms with van der Waals surface area (Å²) in [5.41, 5.74) is 8.58. The van der Waals surface area contributed by atoms with Gasteiger partial charge in [0.2, 0.25) is 0 Å². The number of hydrogen-bond acceptors (Lipinski definition) is 4. The molecule has 20 heavy (non-hydrogen) atoms. The number of amides is 2. The summed E-state index contributed by atoms with van der Waals surface area (Å²) in [4.78, 5) is 11.9. The number of hydrogen-bond donors (Lipinski definition) is 3. The van der Waals surface area contributed by atoms with Gasteiger partial charge >= 0.3 is 6.03 Å². The predicted octanol–water partition coefficient (Wildman–Crippen LogP) is 2.76. The number of nitrogens with two attached hydrogens (primary N) is 1. The molecule has 0 aliphatic rings. The van der Waals surface area contributed by atoms with Gasteiger partial charge < -0.3 is 20.9 Å². The summed E-state index contributed by atoms with van der Waals surface area (Å²) < 4.78 is 5.09. The molecule has 6 heteroatoms. The van der Waals surface area contributed by atoms with E-state index >= 15 is 0 Å². The minimum Gasteiger partial charge on any atom is -0.399 e. The molecule has 1 unspecified atom stereocenters. The Kier molecular flexibility index (Phi) is 3.93. The molecule has 6 nitrogen and oxygen atoms in total. The summed E-state index contributed by atoms with van der Waals surface area (Å²) in [5, 5.41) is 9.45. The molecule has 1 aromatic carbocycles. The molecule has 2 rings (SSSR count). The number of rotatable bonds is 3. The van der Waals surface area contributed by atoms with Crippen molar-refractivity contribution in [1.29, 1.82) is 0 Å². The maximum atomic E-state index is 11.9. The fraction of sp³-hybridized carbons (Fsp3) is 0.286. The Morgan fingerprint density at radius 3 is 2.75 bits per heavy atom. The molecule has 2 aromatic rings. The topological polar surface area (TPSA) is 93.2 Å². The summed E-state index contributed by atoms with van der Waals surface area (Å²) in [6, 6.07) is 6.51. The molecule has 0 fully saturated rings. The highest BCUT2D eigenvalue weighted by Crippen LogP contribution is 2.21. The Morgan fingerprint density at radius 2 is 2.15 bits per heavy atom. The van der Waals surface area contributed by atoms with Crippen LogP contribution in [0.15, 0.2) is 28.8 Å². The fourth-order valence-electron chi connectivity index (χ4n) is 2.16. The largest absolute Gasteiger partial charge is 0.399 e. The molecule has 0 aliphatic carbocycles. The number of benzene rings is 1. The number of aromatic nitrogens is 1. The SMILES string of the molecule is Cc1noc(C)c1C(C)NC(=O)Nc1cccc(N)c1. The van der Waals surface area contributed by atoms with E-state index in [1.807, 2.05) is 20.8 Å². The molecule has 0 radical (unpaired) electrons. The van der Waals surface area contributed by atoms with E-state index in [0.717, 1.165) is 11.3 Å². The van der Waals surface area contributed by atoms with Crippen LogP contribution < -0.4 is 16.4 Å². The fourth-order valence-corrected chi connectivity index (χ4v) is 2.16. The van der Waals surface area contributed by atoms with Crippen LogP contribution in [0.5, 0.6) is 0 Å². The van der Waals surface area contributed by atoms with Crippen molar-refractivity contribution in [3.8, 4) is 0 Å². The molecule has 0 saturated heterocycles. The van der Waals surface area contributed by atoms with E-state index in [1.54, 1.807) is 24.3 Å². The van der Waals surface area contributed by atoms with Crippen molar-refractivity contribution in [3.63, 3.8) is 0 Å². The van der Waals surface area contributed by atoms with Crippen LogP contribution in [-0.2, 0) is 0 Å². The van der Waals surface area contributed by atoms with E-state index in [1.165, 1.54) is 0 Å². The highest BCUT2D eigenvalue weighted by atomic mass is 16.5. The van der Waals surface area contributed by atoms with Gasteiger partial charge in [-0.25, -0.2) is 4.79 Å². The van der Waals surface area contributed by atoms with Crippen LogP contribution in [0.25, 0.3) is 0 Å². The summed E-state index contributed by atoms with van der Waals surface area (Å²) in [6.07, 6.45) is 0. The molecular formula is C14H18N4O2. The number of nitrogen functional groups attached to an aromatic ring is 1. The molecule has 2 amide bonds. The average molecular weight is 274 g/mol. The van der Waals surface area contributed by atoms with Gasteiger partial charge in [0.25, 0.3) is 0 Å². The van der Waals surface area contributed by atoms with E-state index in [0.29, 0.717) is 17.1 Å². The lowest BCUT2D eigenvalue weighted by atomic mass is 10.1. The molecular weight excluding hydrogens is 256 g/mol. The summed E-state index contributed by atoms with van der Waals surface area (Å²) in [6.45, 7) is 5.55. The highest BCUT2D eigenvalue weighted by molar-refractivity contribution is 5.90. The van der Waals surface area contributed by atoms with Gasteiger partial charge in [-0.05, 0) is 39.0 Å². The third-order valence-corrected chi connectivity index (χ3v) is 3.01. The first-order valence-corrected chi connectivity index (χ1v) is 6.33. The molecule has 0 aliphatic heterocycles. The van der Waals surface area contributed by atoms with Crippen LogP contribution in [0.3, 0.4) is 0 Å². The normalized spacial score (nSPS) is 11.9. The van der Waals surface area contributed by atoms with Crippen LogP contribution >= 0.6 is 0 Å². The Bertz CT molecular complexity index is 602. The lowest BCUT2D eigenvalue weighted by Crippen LogP contribution is -2.31. The monoisotopic (exact) mass is 274 g/mol. The third kappa shape index (κ3) is 3.09. The zero-order chi connectivity index (χ0) is 14.7. The van der Waals surface area contributed by atoms with Crippen molar-refractivity contribution in [2.45, 2.75) is 26.8 Å². The maximum Gasteiger partial charge on any atom is 0.319 e. The minimum absolute atomic E-state index is 0.192. The van der Waals surface area contributed by atoms with Crippen LogP contribution in [0.1, 0.15) is 30.0 Å². The number of anilines is 2.